The van der Waals surface area contributed by atoms with E-state index < -0.39 is 29.7 Å². The molecule has 30 heavy (non-hydrogen) atoms. The molecule has 0 saturated heterocycles. The molecule has 0 fully saturated rings. The summed E-state index contributed by atoms with van der Waals surface area (Å²) in [6.45, 7) is -0.202. The van der Waals surface area contributed by atoms with Crippen molar-refractivity contribution in [2.75, 3.05) is 17.2 Å². The highest BCUT2D eigenvalue weighted by molar-refractivity contribution is 6.05. The van der Waals surface area contributed by atoms with E-state index in [0.717, 1.165) is 0 Å². The monoisotopic (exact) mass is 411 g/mol. The number of carbonyl (C=O) groups is 2. The summed E-state index contributed by atoms with van der Waals surface area (Å²) < 4.78 is 26.9. The predicted molar refractivity (Wildman–Crippen MR) is 109 cm³/mol. The van der Waals surface area contributed by atoms with E-state index in [4.69, 9.17) is 0 Å². The molecule has 0 saturated carbocycles. The molecule has 1 unspecified atom stereocenters. The molecule has 0 aliphatic rings. The number of aliphatic hydroxyl groups is 1. The van der Waals surface area contributed by atoms with Gasteiger partial charge in [-0.05, 0) is 42.5 Å². The number of carbonyl (C=O) groups excluding carboxylic acids is 2. The Kier molecular flexibility index (Phi) is 6.71. The molecule has 0 radical (unpaired) electrons. The van der Waals surface area contributed by atoms with Crippen molar-refractivity contribution in [1.29, 1.82) is 0 Å². The Labute approximate surface area is 171 Å². The summed E-state index contributed by atoms with van der Waals surface area (Å²) in [6, 6.07) is 16.7. The first-order chi connectivity index (χ1) is 14.4. The summed E-state index contributed by atoms with van der Waals surface area (Å²) in [5, 5.41) is 17.6. The number of rotatable bonds is 6. The Morgan fingerprint density at radius 1 is 0.867 bits per heavy atom. The fourth-order valence-corrected chi connectivity index (χ4v) is 2.73. The molecule has 1 atom stereocenters. The fourth-order valence-electron chi connectivity index (χ4n) is 2.73. The normalized spacial score (nSPS) is 11.4. The molecular weight excluding hydrogens is 392 g/mol. The molecule has 3 aromatic carbocycles. The van der Waals surface area contributed by atoms with Crippen LogP contribution in [0.15, 0.2) is 72.8 Å². The van der Waals surface area contributed by atoms with E-state index in [2.05, 4.69) is 16.0 Å². The van der Waals surface area contributed by atoms with E-state index in [1.54, 1.807) is 30.3 Å². The molecule has 0 spiro atoms. The van der Waals surface area contributed by atoms with E-state index in [1.165, 1.54) is 42.5 Å². The number of hydrogen-bond acceptors (Lipinski definition) is 3. The molecule has 0 aliphatic carbocycles. The zero-order valence-corrected chi connectivity index (χ0v) is 15.7. The number of nitrogens with one attached hydrogen (secondary N) is 3. The van der Waals surface area contributed by atoms with Gasteiger partial charge in [-0.3, -0.25) is 4.79 Å². The molecular formula is C22H19F2N3O3. The van der Waals surface area contributed by atoms with Crippen LogP contribution in [0, 0.1) is 11.6 Å². The molecule has 0 aliphatic heterocycles. The number of anilines is 2. The summed E-state index contributed by atoms with van der Waals surface area (Å²) >= 11 is 0. The quantitative estimate of drug-likeness (QED) is 0.493. The zero-order valence-electron chi connectivity index (χ0n) is 15.7. The van der Waals surface area contributed by atoms with Gasteiger partial charge < -0.3 is 21.1 Å². The SMILES string of the molecule is O=C(NCC(O)c1ccccc1F)Nc1cccc(C(=O)Nc2cccc(F)c2)c1. The van der Waals surface area contributed by atoms with E-state index in [9.17, 15) is 23.5 Å². The Hall–Kier alpha value is -3.78. The number of aliphatic hydroxyl groups excluding tert-OH is 1. The first-order valence-electron chi connectivity index (χ1n) is 9.06. The molecule has 154 valence electrons. The van der Waals surface area contributed by atoms with Gasteiger partial charge in [0.2, 0.25) is 0 Å². The molecule has 0 bridgehead atoms. The van der Waals surface area contributed by atoms with Crippen molar-refractivity contribution in [3.63, 3.8) is 0 Å². The Morgan fingerprint density at radius 2 is 1.57 bits per heavy atom. The average molecular weight is 411 g/mol. The van der Waals surface area contributed by atoms with Crippen molar-refractivity contribution in [3.8, 4) is 0 Å². The number of benzene rings is 3. The van der Waals surface area contributed by atoms with Gasteiger partial charge in [-0.2, -0.15) is 0 Å². The first-order valence-corrected chi connectivity index (χ1v) is 9.06. The minimum atomic E-state index is -1.21. The second kappa shape index (κ2) is 9.62. The van der Waals surface area contributed by atoms with Crippen LogP contribution in [0.3, 0.4) is 0 Å². The van der Waals surface area contributed by atoms with Gasteiger partial charge in [0.25, 0.3) is 5.91 Å². The van der Waals surface area contributed by atoms with Crippen molar-refractivity contribution in [1.82, 2.24) is 5.32 Å². The summed E-state index contributed by atoms with van der Waals surface area (Å²) in [5.41, 5.74) is 0.968. The summed E-state index contributed by atoms with van der Waals surface area (Å²) in [7, 11) is 0. The Balaban J connectivity index is 1.57. The maximum atomic E-state index is 13.7. The number of hydrogen-bond donors (Lipinski definition) is 4. The maximum Gasteiger partial charge on any atom is 0.319 e. The maximum absolute atomic E-state index is 13.7. The molecule has 0 heterocycles. The predicted octanol–water partition coefficient (Wildman–Crippen LogP) is 4.07. The van der Waals surface area contributed by atoms with Gasteiger partial charge in [0.15, 0.2) is 0 Å². The summed E-state index contributed by atoms with van der Waals surface area (Å²) in [4.78, 5) is 24.4. The van der Waals surface area contributed by atoms with Crippen LogP contribution < -0.4 is 16.0 Å². The van der Waals surface area contributed by atoms with E-state index in [-0.39, 0.29) is 17.7 Å². The van der Waals surface area contributed by atoms with Crippen LogP contribution >= 0.6 is 0 Å². The third-order valence-corrected chi connectivity index (χ3v) is 4.19. The summed E-state index contributed by atoms with van der Waals surface area (Å²) in [6.07, 6.45) is -1.21. The van der Waals surface area contributed by atoms with Crippen LogP contribution in [0.1, 0.15) is 22.0 Å². The number of halogens is 2. The lowest BCUT2D eigenvalue weighted by atomic mass is 10.1. The largest absolute Gasteiger partial charge is 0.386 e. The minimum absolute atomic E-state index is 0.0776. The van der Waals surface area contributed by atoms with E-state index >= 15 is 0 Å². The van der Waals surface area contributed by atoms with Gasteiger partial charge in [0.05, 0.1) is 6.10 Å². The zero-order chi connectivity index (χ0) is 21.5. The third-order valence-electron chi connectivity index (χ3n) is 4.19. The molecule has 3 aromatic rings. The van der Waals surface area contributed by atoms with Crippen LogP contribution in [-0.4, -0.2) is 23.6 Å². The Bertz CT molecular complexity index is 1060. The highest BCUT2D eigenvalue weighted by Gasteiger charge is 2.14. The van der Waals surface area contributed by atoms with Crippen molar-refractivity contribution in [2.45, 2.75) is 6.10 Å². The lowest BCUT2D eigenvalue weighted by Gasteiger charge is -2.14. The van der Waals surface area contributed by atoms with Gasteiger partial charge in [-0.1, -0.05) is 30.3 Å². The molecule has 4 N–H and O–H groups in total. The van der Waals surface area contributed by atoms with Crippen LogP contribution in [0.4, 0.5) is 25.0 Å². The number of urea groups is 1. The van der Waals surface area contributed by atoms with Crippen molar-refractivity contribution in [3.05, 3.63) is 95.6 Å². The van der Waals surface area contributed by atoms with Crippen LogP contribution in [0.5, 0.6) is 0 Å². The van der Waals surface area contributed by atoms with Gasteiger partial charge >= 0.3 is 6.03 Å². The smallest absolute Gasteiger partial charge is 0.319 e. The topological polar surface area (TPSA) is 90.5 Å². The van der Waals surface area contributed by atoms with Crippen molar-refractivity contribution < 1.29 is 23.5 Å². The van der Waals surface area contributed by atoms with Crippen molar-refractivity contribution >= 4 is 23.3 Å². The standard InChI is InChI=1S/C22H19F2N3O3/c23-15-6-4-8-17(12-15)26-21(29)14-5-3-7-16(11-14)27-22(30)25-13-20(28)18-9-1-2-10-19(18)24/h1-12,20,28H,13H2,(H,26,29)(H2,25,27,30). The summed E-state index contributed by atoms with van der Waals surface area (Å²) in [5.74, 6) is -1.51. The molecule has 8 heteroatoms. The van der Waals surface area contributed by atoms with Gasteiger partial charge in [-0.25, -0.2) is 13.6 Å². The second-order valence-electron chi connectivity index (χ2n) is 6.42. The fraction of sp³-hybridized carbons (Fsp3) is 0.0909. The highest BCUT2D eigenvalue weighted by Crippen LogP contribution is 2.17. The van der Waals surface area contributed by atoms with Crippen LogP contribution in [0.2, 0.25) is 0 Å². The van der Waals surface area contributed by atoms with Gasteiger partial charge in [0.1, 0.15) is 11.6 Å². The van der Waals surface area contributed by atoms with Crippen LogP contribution in [0.25, 0.3) is 0 Å². The number of amides is 3. The lowest BCUT2D eigenvalue weighted by Crippen LogP contribution is -2.32. The first kappa shape index (κ1) is 20.9. The highest BCUT2D eigenvalue weighted by atomic mass is 19.1. The second-order valence-corrected chi connectivity index (χ2v) is 6.42. The minimum Gasteiger partial charge on any atom is -0.386 e. The van der Waals surface area contributed by atoms with Crippen LogP contribution in [-0.2, 0) is 0 Å². The molecule has 0 aromatic heterocycles. The Morgan fingerprint density at radius 3 is 2.30 bits per heavy atom. The molecule has 3 rings (SSSR count). The van der Waals surface area contributed by atoms with Crippen molar-refractivity contribution in [2.24, 2.45) is 0 Å². The van der Waals surface area contributed by atoms with Gasteiger partial charge in [-0.15, -0.1) is 0 Å². The average Bonchev–Trinajstić information content (AvgIpc) is 2.72. The molecule has 6 nitrogen and oxygen atoms in total. The van der Waals surface area contributed by atoms with Gasteiger partial charge in [0, 0.05) is 29.0 Å². The lowest BCUT2D eigenvalue weighted by molar-refractivity contribution is 0.102. The third kappa shape index (κ3) is 5.62. The van der Waals surface area contributed by atoms with E-state index in [1.807, 2.05) is 0 Å². The van der Waals surface area contributed by atoms with E-state index in [0.29, 0.717) is 11.4 Å². The molecule has 3 amide bonds.